The third-order valence-corrected chi connectivity index (χ3v) is 5.75. The lowest BCUT2D eigenvalue weighted by atomic mass is 10.2. The fourth-order valence-electron chi connectivity index (χ4n) is 3.76. The lowest BCUT2D eigenvalue weighted by molar-refractivity contribution is -0.120. The molecular formula is C24H33ClN4O2. The largest absolute Gasteiger partial charge is 0.495 e. The number of hydrogen-bond donors (Lipinski definition) is 2. The van der Waals surface area contributed by atoms with Crippen molar-refractivity contribution >= 4 is 23.2 Å². The zero-order valence-corrected chi connectivity index (χ0v) is 19.0. The molecule has 31 heavy (non-hydrogen) atoms. The first-order valence-electron chi connectivity index (χ1n) is 11.0. The van der Waals surface area contributed by atoms with Crippen LogP contribution in [0.25, 0.3) is 0 Å². The van der Waals surface area contributed by atoms with E-state index in [1.807, 2.05) is 6.07 Å². The number of benzene rings is 2. The van der Waals surface area contributed by atoms with Gasteiger partial charge in [0.1, 0.15) is 5.75 Å². The molecule has 2 N–H and O–H groups in total. The highest BCUT2D eigenvalue weighted by atomic mass is 35.5. The highest BCUT2D eigenvalue weighted by Gasteiger charge is 2.16. The van der Waals surface area contributed by atoms with Crippen LogP contribution < -0.4 is 15.4 Å². The summed E-state index contributed by atoms with van der Waals surface area (Å²) < 4.78 is 5.30. The number of ether oxygens (including phenoxy) is 1. The van der Waals surface area contributed by atoms with Gasteiger partial charge in [-0.15, -0.1) is 0 Å². The zero-order chi connectivity index (χ0) is 21.9. The van der Waals surface area contributed by atoms with Gasteiger partial charge in [0, 0.05) is 57.3 Å². The van der Waals surface area contributed by atoms with Gasteiger partial charge < -0.3 is 20.3 Å². The Kier molecular flexibility index (Phi) is 9.46. The molecule has 0 radical (unpaired) electrons. The minimum Gasteiger partial charge on any atom is -0.495 e. The van der Waals surface area contributed by atoms with Crippen molar-refractivity contribution in [2.75, 3.05) is 58.2 Å². The van der Waals surface area contributed by atoms with E-state index in [2.05, 4.69) is 50.8 Å². The quantitative estimate of drug-likeness (QED) is 0.520. The number of rotatable bonds is 11. The third kappa shape index (κ3) is 8.05. The Labute approximate surface area is 190 Å². The van der Waals surface area contributed by atoms with Crippen LogP contribution in [-0.2, 0) is 11.3 Å². The molecule has 1 saturated heterocycles. The van der Waals surface area contributed by atoms with Crippen molar-refractivity contribution in [2.24, 2.45) is 0 Å². The van der Waals surface area contributed by atoms with Gasteiger partial charge in [-0.05, 0) is 36.7 Å². The van der Waals surface area contributed by atoms with Crippen molar-refractivity contribution in [1.29, 1.82) is 0 Å². The van der Waals surface area contributed by atoms with E-state index in [-0.39, 0.29) is 5.91 Å². The Morgan fingerprint density at radius 3 is 2.52 bits per heavy atom. The van der Waals surface area contributed by atoms with Crippen molar-refractivity contribution < 1.29 is 9.53 Å². The molecule has 2 aromatic rings. The summed E-state index contributed by atoms with van der Waals surface area (Å²) in [6, 6.07) is 16.0. The molecule has 1 heterocycles. The van der Waals surface area contributed by atoms with Crippen molar-refractivity contribution in [2.45, 2.75) is 19.4 Å². The summed E-state index contributed by atoms with van der Waals surface area (Å²) in [7, 11) is 1.62. The van der Waals surface area contributed by atoms with Crippen LogP contribution in [-0.4, -0.2) is 68.6 Å². The number of nitrogens with zero attached hydrogens (tertiary/aromatic N) is 2. The average molecular weight is 445 g/mol. The van der Waals surface area contributed by atoms with E-state index in [1.165, 1.54) is 5.56 Å². The second-order valence-corrected chi connectivity index (χ2v) is 8.26. The van der Waals surface area contributed by atoms with Crippen molar-refractivity contribution in [1.82, 2.24) is 15.1 Å². The summed E-state index contributed by atoms with van der Waals surface area (Å²) in [5, 5.41) is 6.87. The fraction of sp³-hybridized carbons (Fsp3) is 0.458. The van der Waals surface area contributed by atoms with Gasteiger partial charge in [0.15, 0.2) is 0 Å². The van der Waals surface area contributed by atoms with E-state index < -0.39 is 0 Å². The third-order valence-electron chi connectivity index (χ3n) is 5.52. The molecule has 168 valence electrons. The number of carbonyl (C=O) groups excluding carboxylic acids is 1. The first kappa shape index (κ1) is 23.4. The number of anilines is 1. The highest BCUT2D eigenvalue weighted by molar-refractivity contribution is 6.30. The molecule has 6 nitrogen and oxygen atoms in total. The van der Waals surface area contributed by atoms with Crippen molar-refractivity contribution in [3.05, 3.63) is 59.1 Å². The van der Waals surface area contributed by atoms with Gasteiger partial charge in [-0.2, -0.15) is 0 Å². The summed E-state index contributed by atoms with van der Waals surface area (Å²) in [5.41, 5.74) is 2.18. The Balaban J connectivity index is 1.24. The maximum Gasteiger partial charge on any atom is 0.221 e. The summed E-state index contributed by atoms with van der Waals surface area (Å²) in [5.74, 6) is 0.773. The Morgan fingerprint density at radius 2 is 1.77 bits per heavy atom. The van der Waals surface area contributed by atoms with Crippen molar-refractivity contribution in [3.63, 3.8) is 0 Å². The Hall–Kier alpha value is -2.28. The van der Waals surface area contributed by atoms with Crippen LogP contribution in [0, 0.1) is 0 Å². The van der Waals surface area contributed by atoms with Crippen LogP contribution in [0.1, 0.15) is 18.4 Å². The summed E-state index contributed by atoms with van der Waals surface area (Å²) in [4.78, 5) is 17.1. The lowest BCUT2D eigenvalue weighted by Gasteiger charge is -2.34. The summed E-state index contributed by atoms with van der Waals surface area (Å²) >= 11 is 6.03. The van der Waals surface area contributed by atoms with Gasteiger partial charge in [0.2, 0.25) is 5.91 Å². The minimum absolute atomic E-state index is 0.0566. The molecule has 0 saturated carbocycles. The number of halogens is 1. The van der Waals surface area contributed by atoms with E-state index in [0.29, 0.717) is 30.3 Å². The van der Waals surface area contributed by atoms with E-state index in [1.54, 1.807) is 19.2 Å². The molecule has 7 heteroatoms. The molecule has 1 aliphatic heterocycles. The normalized spacial score (nSPS) is 14.9. The number of methoxy groups -OCH3 is 1. The van der Waals surface area contributed by atoms with E-state index >= 15 is 0 Å². The van der Waals surface area contributed by atoms with Gasteiger partial charge in [-0.3, -0.25) is 9.69 Å². The maximum atomic E-state index is 12.1. The second kappa shape index (κ2) is 12.5. The predicted molar refractivity (Wildman–Crippen MR) is 127 cm³/mol. The summed E-state index contributed by atoms with van der Waals surface area (Å²) in [6.07, 6.45) is 1.38. The molecule has 2 aromatic carbocycles. The van der Waals surface area contributed by atoms with Gasteiger partial charge in [-0.1, -0.05) is 41.9 Å². The molecule has 0 atom stereocenters. The molecular weight excluding hydrogens is 412 g/mol. The van der Waals surface area contributed by atoms with Crippen molar-refractivity contribution in [3.8, 4) is 5.75 Å². The maximum absolute atomic E-state index is 12.1. The van der Waals surface area contributed by atoms with Gasteiger partial charge in [0.05, 0.1) is 12.8 Å². The SMILES string of the molecule is COc1ccc(Cl)cc1NCCC(=O)NCCCN1CCN(Cc2ccccc2)CC1. The smallest absolute Gasteiger partial charge is 0.221 e. The van der Waals surface area contributed by atoms with Gasteiger partial charge >= 0.3 is 0 Å². The monoisotopic (exact) mass is 444 g/mol. The number of carbonyl (C=O) groups is 1. The molecule has 0 aromatic heterocycles. The van der Waals surface area contributed by atoms with Gasteiger partial charge in [-0.25, -0.2) is 0 Å². The van der Waals surface area contributed by atoms with Crippen LogP contribution >= 0.6 is 11.6 Å². The topological polar surface area (TPSA) is 56.8 Å². The molecule has 1 aliphatic rings. The number of piperazine rings is 1. The van der Waals surface area contributed by atoms with Crippen LogP contribution in [0.3, 0.4) is 0 Å². The molecule has 0 spiro atoms. The molecule has 1 fully saturated rings. The average Bonchev–Trinajstić information content (AvgIpc) is 2.79. The van der Waals surface area contributed by atoms with E-state index in [4.69, 9.17) is 16.3 Å². The Bertz CT molecular complexity index is 810. The summed E-state index contributed by atoms with van der Waals surface area (Å²) in [6.45, 7) is 7.67. The molecule has 0 unspecified atom stereocenters. The first-order chi connectivity index (χ1) is 15.1. The van der Waals surface area contributed by atoms with Crippen LogP contribution in [0.4, 0.5) is 5.69 Å². The highest BCUT2D eigenvalue weighted by Crippen LogP contribution is 2.27. The van der Waals surface area contributed by atoms with E-state index in [0.717, 1.165) is 51.4 Å². The van der Waals surface area contributed by atoms with Gasteiger partial charge in [0.25, 0.3) is 0 Å². The predicted octanol–water partition coefficient (Wildman–Crippen LogP) is 3.47. The number of amides is 1. The molecule has 0 bridgehead atoms. The van der Waals surface area contributed by atoms with E-state index in [9.17, 15) is 4.79 Å². The number of hydrogen-bond acceptors (Lipinski definition) is 5. The van der Waals surface area contributed by atoms with Crippen LogP contribution in [0.5, 0.6) is 5.75 Å². The minimum atomic E-state index is 0.0566. The zero-order valence-electron chi connectivity index (χ0n) is 18.3. The molecule has 0 aliphatic carbocycles. The number of nitrogens with one attached hydrogen (secondary N) is 2. The van der Waals surface area contributed by atoms with Crippen LogP contribution in [0.2, 0.25) is 5.02 Å². The standard InChI is InChI=1S/C24H33ClN4O2/c1-31-23-9-8-21(25)18-22(23)26-12-10-24(30)27-11-5-13-28-14-16-29(17-15-28)19-20-6-3-2-4-7-20/h2-4,6-9,18,26H,5,10-17,19H2,1H3,(H,27,30). The molecule has 1 amide bonds. The molecule has 3 rings (SSSR count). The lowest BCUT2D eigenvalue weighted by Crippen LogP contribution is -2.46. The Morgan fingerprint density at radius 1 is 1.03 bits per heavy atom. The second-order valence-electron chi connectivity index (χ2n) is 7.83. The first-order valence-corrected chi connectivity index (χ1v) is 11.3. The van der Waals surface area contributed by atoms with Crippen LogP contribution in [0.15, 0.2) is 48.5 Å². The fourth-order valence-corrected chi connectivity index (χ4v) is 3.93.